The quantitative estimate of drug-likeness (QED) is 0.592. The van der Waals surface area contributed by atoms with Crippen LogP contribution in [-0.4, -0.2) is 58.0 Å². The van der Waals surface area contributed by atoms with Gasteiger partial charge in [0.1, 0.15) is 5.56 Å². The normalized spacial score (nSPS) is 17.2. The number of aryl methyl sites for hydroxylation is 1. The second-order valence-corrected chi connectivity index (χ2v) is 8.72. The number of rotatable bonds is 6. The first-order valence-corrected chi connectivity index (χ1v) is 11.4. The first kappa shape index (κ1) is 21.6. The second-order valence-electron chi connectivity index (χ2n) is 8.72. The number of ether oxygens (including phenoxy) is 1. The number of piperidine rings is 1. The van der Waals surface area contributed by atoms with Crippen LogP contribution in [0, 0.1) is 24.6 Å². The zero-order valence-electron chi connectivity index (χ0n) is 18.8. The Morgan fingerprint density at radius 2 is 2.03 bits per heavy atom. The van der Waals surface area contributed by atoms with E-state index in [4.69, 9.17) is 4.74 Å². The summed E-state index contributed by atoms with van der Waals surface area (Å²) in [6.45, 7) is 8.01. The molecule has 2 N–H and O–H groups in total. The van der Waals surface area contributed by atoms with Crippen molar-refractivity contribution in [1.29, 1.82) is 0 Å². The molecule has 0 saturated carbocycles. The van der Waals surface area contributed by atoms with Crippen molar-refractivity contribution in [2.45, 2.75) is 26.7 Å². The number of imidazole rings is 1. The van der Waals surface area contributed by atoms with Crippen LogP contribution in [0.1, 0.15) is 35.8 Å². The van der Waals surface area contributed by atoms with Gasteiger partial charge in [-0.05, 0) is 51.6 Å². The lowest BCUT2D eigenvalue weighted by Gasteiger charge is -2.44. The summed E-state index contributed by atoms with van der Waals surface area (Å²) in [5, 5.41) is 6.13. The van der Waals surface area contributed by atoms with Gasteiger partial charge in [-0.25, -0.2) is 14.4 Å². The third-order valence-corrected chi connectivity index (χ3v) is 6.39. The molecule has 0 atom stereocenters. The van der Waals surface area contributed by atoms with Gasteiger partial charge in [0.15, 0.2) is 11.5 Å². The van der Waals surface area contributed by atoms with Gasteiger partial charge >= 0.3 is 0 Å². The summed E-state index contributed by atoms with van der Waals surface area (Å²) < 4.78 is 21.6. The summed E-state index contributed by atoms with van der Waals surface area (Å²) in [7, 11) is 0. The second kappa shape index (κ2) is 8.93. The molecule has 5 rings (SSSR count). The fraction of sp³-hybridized carbons (Fsp3) is 0.478. The maximum Gasteiger partial charge on any atom is 0.262 e. The summed E-state index contributed by atoms with van der Waals surface area (Å²) in [5.41, 5.74) is 1.42. The molecule has 2 aliphatic rings. The maximum absolute atomic E-state index is 14.4. The number of anilines is 2. The predicted octanol–water partition coefficient (Wildman–Crippen LogP) is 2.66. The van der Waals surface area contributed by atoms with Crippen LogP contribution in [0.4, 0.5) is 16.0 Å². The van der Waals surface area contributed by atoms with E-state index in [9.17, 15) is 9.18 Å². The highest BCUT2D eigenvalue weighted by Crippen LogP contribution is 2.33. The highest BCUT2D eigenvalue weighted by atomic mass is 19.1. The zero-order valence-corrected chi connectivity index (χ0v) is 18.8. The van der Waals surface area contributed by atoms with Gasteiger partial charge in [-0.1, -0.05) is 0 Å². The largest absolute Gasteiger partial charge is 0.477 e. The number of nitrogens with one attached hydrogen (secondary N) is 2. The third-order valence-electron chi connectivity index (χ3n) is 6.39. The molecule has 0 spiro atoms. The lowest BCUT2D eigenvalue weighted by Crippen LogP contribution is -2.52. The molecule has 33 heavy (non-hydrogen) atoms. The van der Waals surface area contributed by atoms with E-state index in [1.807, 2.05) is 6.92 Å². The molecule has 174 valence electrons. The molecule has 0 radical (unpaired) electrons. The summed E-state index contributed by atoms with van der Waals surface area (Å²) in [6, 6.07) is 1.25. The standard InChI is InChI=1S/C23H28FN7O2/c1-3-33-22-18(21(32)28-17-8-19(24)20-27-14(2)10-30(20)13-17)9-26-23(29-22)31-11-16(12-31)15-4-6-25-7-5-15/h8-10,13,15-16,25H,3-7,11-12H2,1-2H3,(H,28,32). The van der Waals surface area contributed by atoms with Crippen LogP contribution in [0.25, 0.3) is 5.65 Å². The van der Waals surface area contributed by atoms with Gasteiger partial charge in [-0.15, -0.1) is 0 Å². The van der Waals surface area contributed by atoms with Crippen molar-refractivity contribution in [2.24, 2.45) is 11.8 Å². The number of nitrogens with zero attached hydrogens (tertiary/aromatic N) is 5. The summed E-state index contributed by atoms with van der Waals surface area (Å²) in [4.78, 5) is 28.2. The van der Waals surface area contributed by atoms with E-state index in [1.165, 1.54) is 25.1 Å². The molecular weight excluding hydrogens is 425 g/mol. The predicted molar refractivity (Wildman–Crippen MR) is 122 cm³/mol. The number of hydrogen-bond acceptors (Lipinski definition) is 7. The van der Waals surface area contributed by atoms with Gasteiger partial charge < -0.3 is 24.7 Å². The smallest absolute Gasteiger partial charge is 0.262 e. The minimum Gasteiger partial charge on any atom is -0.477 e. The van der Waals surface area contributed by atoms with Crippen molar-refractivity contribution in [1.82, 2.24) is 24.7 Å². The SMILES string of the molecule is CCOc1nc(N2CC(C3CCNCC3)C2)ncc1C(=O)Nc1cc(F)c2nc(C)cn2c1. The number of amides is 1. The molecule has 3 aromatic rings. The van der Waals surface area contributed by atoms with Crippen molar-refractivity contribution in [3.63, 3.8) is 0 Å². The average molecular weight is 454 g/mol. The molecular formula is C23H28FN7O2. The Morgan fingerprint density at radius 3 is 2.79 bits per heavy atom. The lowest BCUT2D eigenvalue weighted by atomic mass is 9.80. The van der Waals surface area contributed by atoms with Gasteiger partial charge in [0.2, 0.25) is 11.8 Å². The van der Waals surface area contributed by atoms with Gasteiger partial charge in [0.05, 0.1) is 18.0 Å². The molecule has 0 bridgehead atoms. The average Bonchev–Trinajstić information content (AvgIpc) is 3.15. The molecule has 1 amide bonds. The Hall–Kier alpha value is -3.27. The lowest BCUT2D eigenvalue weighted by molar-refractivity contribution is 0.102. The van der Waals surface area contributed by atoms with Crippen molar-refractivity contribution >= 4 is 23.2 Å². The number of halogens is 1. The van der Waals surface area contributed by atoms with E-state index in [-0.39, 0.29) is 17.1 Å². The van der Waals surface area contributed by atoms with E-state index in [0.29, 0.717) is 29.9 Å². The van der Waals surface area contributed by atoms with E-state index >= 15 is 0 Å². The van der Waals surface area contributed by atoms with E-state index in [0.717, 1.165) is 32.1 Å². The van der Waals surface area contributed by atoms with Crippen LogP contribution in [0.5, 0.6) is 5.88 Å². The molecule has 9 nitrogen and oxygen atoms in total. The topological polar surface area (TPSA) is 96.7 Å². The Labute approximate surface area is 191 Å². The zero-order chi connectivity index (χ0) is 22.9. The first-order chi connectivity index (χ1) is 16.0. The van der Waals surface area contributed by atoms with Gasteiger partial charge in [0.25, 0.3) is 5.91 Å². The highest BCUT2D eigenvalue weighted by molar-refractivity contribution is 6.05. The number of carbonyl (C=O) groups excluding carboxylic acids is 1. The Morgan fingerprint density at radius 1 is 1.24 bits per heavy atom. The summed E-state index contributed by atoms with van der Waals surface area (Å²) in [6.07, 6.45) is 7.23. The molecule has 10 heteroatoms. The van der Waals surface area contributed by atoms with Crippen LogP contribution in [0.15, 0.2) is 24.7 Å². The van der Waals surface area contributed by atoms with Gasteiger partial charge in [-0.3, -0.25) is 4.79 Å². The minimum atomic E-state index is -0.515. The Bertz CT molecular complexity index is 1170. The highest BCUT2D eigenvalue weighted by Gasteiger charge is 2.35. The van der Waals surface area contributed by atoms with Crippen molar-refractivity contribution in [3.8, 4) is 5.88 Å². The fourth-order valence-corrected chi connectivity index (χ4v) is 4.65. The van der Waals surface area contributed by atoms with E-state index in [2.05, 4.69) is 30.5 Å². The van der Waals surface area contributed by atoms with Crippen LogP contribution in [0.2, 0.25) is 0 Å². The number of fused-ring (bicyclic) bond motifs is 1. The molecule has 2 saturated heterocycles. The van der Waals surface area contributed by atoms with E-state index in [1.54, 1.807) is 23.7 Å². The van der Waals surface area contributed by atoms with Gasteiger partial charge in [0, 0.05) is 37.7 Å². The number of pyridine rings is 1. The molecule has 0 unspecified atom stereocenters. The van der Waals surface area contributed by atoms with Crippen molar-refractivity contribution in [2.75, 3.05) is 43.0 Å². The van der Waals surface area contributed by atoms with Crippen molar-refractivity contribution < 1.29 is 13.9 Å². The third kappa shape index (κ3) is 4.35. The Kier molecular flexibility index (Phi) is 5.84. The Balaban J connectivity index is 1.31. The monoisotopic (exact) mass is 453 g/mol. The molecule has 0 aliphatic carbocycles. The number of aromatic nitrogens is 4. The van der Waals surface area contributed by atoms with Crippen LogP contribution >= 0.6 is 0 Å². The summed E-state index contributed by atoms with van der Waals surface area (Å²) >= 11 is 0. The molecule has 3 aromatic heterocycles. The molecule has 5 heterocycles. The maximum atomic E-state index is 14.4. The van der Waals surface area contributed by atoms with E-state index < -0.39 is 11.7 Å². The van der Waals surface area contributed by atoms with Crippen LogP contribution < -0.4 is 20.3 Å². The molecule has 2 aliphatic heterocycles. The fourth-order valence-electron chi connectivity index (χ4n) is 4.65. The summed E-state index contributed by atoms with van der Waals surface area (Å²) in [5.74, 6) is 1.23. The molecule has 0 aromatic carbocycles. The number of hydrogen-bond donors (Lipinski definition) is 2. The van der Waals surface area contributed by atoms with Crippen LogP contribution in [0.3, 0.4) is 0 Å². The van der Waals surface area contributed by atoms with Gasteiger partial charge in [-0.2, -0.15) is 4.98 Å². The van der Waals surface area contributed by atoms with Crippen LogP contribution in [-0.2, 0) is 0 Å². The van der Waals surface area contributed by atoms with Crippen molar-refractivity contribution in [3.05, 3.63) is 41.7 Å². The minimum absolute atomic E-state index is 0.207. The first-order valence-electron chi connectivity index (χ1n) is 11.4. The molecule has 2 fully saturated rings. The number of carbonyl (C=O) groups is 1.